The molecule has 160 valence electrons. The Kier molecular flexibility index (Phi) is 6.37. The zero-order valence-electron chi connectivity index (χ0n) is 17.7. The number of aromatic nitrogens is 5. The highest BCUT2D eigenvalue weighted by atomic mass is 32.2. The van der Waals surface area contributed by atoms with E-state index in [1.54, 1.807) is 0 Å². The lowest BCUT2D eigenvalue weighted by Gasteiger charge is -2.14. The second-order valence-corrected chi connectivity index (χ2v) is 8.74. The molecule has 3 aromatic rings. The zero-order valence-corrected chi connectivity index (χ0v) is 18.5. The number of nitriles is 1. The Morgan fingerprint density at radius 1 is 1.26 bits per heavy atom. The van der Waals surface area contributed by atoms with Gasteiger partial charge in [-0.05, 0) is 48.2 Å². The normalized spacial score (nSPS) is 14.0. The van der Waals surface area contributed by atoms with Gasteiger partial charge in [0.1, 0.15) is 11.9 Å². The van der Waals surface area contributed by atoms with Crippen LogP contribution in [0.3, 0.4) is 0 Å². The molecule has 4 rings (SSSR count). The summed E-state index contributed by atoms with van der Waals surface area (Å²) in [6.45, 7) is 4.46. The summed E-state index contributed by atoms with van der Waals surface area (Å²) in [7, 11) is 0. The van der Waals surface area contributed by atoms with Crippen molar-refractivity contribution in [2.24, 2.45) is 0 Å². The summed E-state index contributed by atoms with van der Waals surface area (Å²) in [5, 5.41) is 25.3. The Labute approximate surface area is 185 Å². The van der Waals surface area contributed by atoms with Gasteiger partial charge in [-0.1, -0.05) is 54.9 Å². The fourth-order valence-corrected chi connectivity index (χ4v) is 4.80. The molecule has 8 nitrogen and oxygen atoms in total. The number of benzene rings is 1. The molecule has 1 amide bonds. The van der Waals surface area contributed by atoms with Crippen molar-refractivity contribution in [1.29, 1.82) is 5.26 Å². The van der Waals surface area contributed by atoms with E-state index in [2.05, 4.69) is 26.9 Å². The van der Waals surface area contributed by atoms with Crippen LogP contribution < -0.4 is 5.32 Å². The van der Waals surface area contributed by atoms with Gasteiger partial charge >= 0.3 is 0 Å². The molecular formula is C22H25N7OS. The first kappa shape index (κ1) is 21.1. The Morgan fingerprint density at radius 3 is 2.71 bits per heavy atom. The summed E-state index contributed by atoms with van der Waals surface area (Å²) in [5.41, 5.74) is 3.45. The van der Waals surface area contributed by atoms with Crippen LogP contribution in [0.4, 0.5) is 5.82 Å². The molecule has 1 saturated carbocycles. The van der Waals surface area contributed by atoms with E-state index >= 15 is 0 Å². The second kappa shape index (κ2) is 9.35. The maximum absolute atomic E-state index is 12.8. The predicted molar refractivity (Wildman–Crippen MR) is 119 cm³/mol. The molecule has 1 fully saturated rings. The Morgan fingerprint density at radius 2 is 2.00 bits per heavy atom. The van der Waals surface area contributed by atoms with Crippen LogP contribution in [0.1, 0.15) is 54.1 Å². The third-order valence-electron chi connectivity index (χ3n) is 5.85. The van der Waals surface area contributed by atoms with Gasteiger partial charge in [0, 0.05) is 12.2 Å². The molecule has 1 aliphatic carbocycles. The highest BCUT2D eigenvalue weighted by molar-refractivity contribution is 7.99. The number of tetrazole rings is 1. The van der Waals surface area contributed by atoms with Gasteiger partial charge < -0.3 is 9.88 Å². The van der Waals surface area contributed by atoms with E-state index in [4.69, 9.17) is 0 Å². The molecule has 0 aliphatic heterocycles. The second-order valence-electron chi connectivity index (χ2n) is 7.80. The number of nitrogens with zero attached hydrogens (tertiary/aromatic N) is 6. The SMILES string of the molecule is Cc1c(C#N)c(NC(=O)CSc2nnnn2C2CCCC2)n(Cc2ccccc2)c1C. The average molecular weight is 436 g/mol. The van der Waals surface area contributed by atoms with E-state index in [-0.39, 0.29) is 11.7 Å². The molecular weight excluding hydrogens is 410 g/mol. The Bertz CT molecular complexity index is 1110. The maximum atomic E-state index is 12.8. The molecule has 0 bridgehead atoms. The lowest BCUT2D eigenvalue weighted by Crippen LogP contribution is -2.19. The molecule has 0 radical (unpaired) electrons. The van der Waals surface area contributed by atoms with Crippen molar-refractivity contribution in [1.82, 2.24) is 24.8 Å². The first-order chi connectivity index (χ1) is 15.1. The number of hydrogen-bond acceptors (Lipinski definition) is 6. The van der Waals surface area contributed by atoms with Gasteiger partial charge in [0.15, 0.2) is 0 Å². The van der Waals surface area contributed by atoms with Crippen LogP contribution in [0.5, 0.6) is 0 Å². The Balaban J connectivity index is 1.50. The highest BCUT2D eigenvalue weighted by Crippen LogP contribution is 2.32. The van der Waals surface area contributed by atoms with Gasteiger partial charge in [0.25, 0.3) is 0 Å². The lowest BCUT2D eigenvalue weighted by molar-refractivity contribution is -0.113. The minimum Gasteiger partial charge on any atom is -0.326 e. The third-order valence-corrected chi connectivity index (χ3v) is 6.78. The van der Waals surface area contributed by atoms with E-state index in [1.807, 2.05) is 53.4 Å². The fraction of sp³-hybridized carbons (Fsp3) is 0.409. The number of carbonyl (C=O) groups excluding carboxylic acids is 1. The van der Waals surface area contributed by atoms with Crippen molar-refractivity contribution in [2.75, 3.05) is 11.1 Å². The van der Waals surface area contributed by atoms with Gasteiger partial charge in [0.05, 0.1) is 17.4 Å². The monoisotopic (exact) mass is 435 g/mol. The van der Waals surface area contributed by atoms with Crippen LogP contribution in [-0.4, -0.2) is 36.4 Å². The van der Waals surface area contributed by atoms with E-state index in [9.17, 15) is 10.1 Å². The molecule has 1 N–H and O–H groups in total. The predicted octanol–water partition coefficient (Wildman–Crippen LogP) is 3.86. The zero-order chi connectivity index (χ0) is 21.8. The molecule has 2 heterocycles. The van der Waals surface area contributed by atoms with E-state index < -0.39 is 0 Å². The molecule has 0 unspecified atom stereocenters. The topological polar surface area (TPSA) is 101 Å². The first-order valence-corrected chi connectivity index (χ1v) is 11.4. The van der Waals surface area contributed by atoms with Crippen LogP contribution in [-0.2, 0) is 11.3 Å². The van der Waals surface area contributed by atoms with Gasteiger partial charge in [-0.25, -0.2) is 4.68 Å². The molecule has 0 saturated heterocycles. The fourth-order valence-electron chi connectivity index (χ4n) is 4.05. The number of anilines is 1. The number of nitrogens with one attached hydrogen (secondary N) is 1. The number of rotatable bonds is 7. The molecule has 0 atom stereocenters. The minimum absolute atomic E-state index is 0.173. The number of carbonyl (C=O) groups is 1. The van der Waals surface area contributed by atoms with Gasteiger partial charge in [-0.2, -0.15) is 5.26 Å². The molecule has 9 heteroatoms. The van der Waals surface area contributed by atoms with E-state index in [0.29, 0.717) is 29.1 Å². The van der Waals surface area contributed by atoms with Crippen molar-refractivity contribution < 1.29 is 4.79 Å². The van der Waals surface area contributed by atoms with Crippen molar-refractivity contribution in [3.8, 4) is 6.07 Å². The molecule has 31 heavy (non-hydrogen) atoms. The summed E-state index contributed by atoms with van der Waals surface area (Å²) in [6.07, 6.45) is 4.51. The van der Waals surface area contributed by atoms with E-state index in [1.165, 1.54) is 24.6 Å². The van der Waals surface area contributed by atoms with Crippen LogP contribution >= 0.6 is 11.8 Å². The Hall–Kier alpha value is -3.12. The number of hydrogen-bond donors (Lipinski definition) is 1. The first-order valence-electron chi connectivity index (χ1n) is 10.4. The van der Waals surface area contributed by atoms with Gasteiger partial charge in [-0.3, -0.25) is 4.79 Å². The van der Waals surface area contributed by atoms with Crippen molar-refractivity contribution in [3.63, 3.8) is 0 Å². The summed E-state index contributed by atoms with van der Waals surface area (Å²) in [6, 6.07) is 12.6. The summed E-state index contributed by atoms with van der Waals surface area (Å²) >= 11 is 1.32. The van der Waals surface area contributed by atoms with Crippen LogP contribution in [0.25, 0.3) is 0 Å². The van der Waals surface area contributed by atoms with Gasteiger partial charge in [-0.15, -0.1) is 5.10 Å². The summed E-state index contributed by atoms with van der Waals surface area (Å²) < 4.78 is 3.84. The van der Waals surface area contributed by atoms with Crippen LogP contribution in [0.15, 0.2) is 35.5 Å². The largest absolute Gasteiger partial charge is 0.326 e. The highest BCUT2D eigenvalue weighted by Gasteiger charge is 2.23. The minimum atomic E-state index is -0.186. The maximum Gasteiger partial charge on any atom is 0.235 e. The van der Waals surface area contributed by atoms with Crippen LogP contribution in [0, 0.1) is 25.2 Å². The lowest BCUT2D eigenvalue weighted by atomic mass is 10.2. The third kappa shape index (κ3) is 4.49. The summed E-state index contributed by atoms with van der Waals surface area (Å²) in [4.78, 5) is 12.8. The van der Waals surface area contributed by atoms with Gasteiger partial charge in [0.2, 0.25) is 11.1 Å². The molecule has 1 aliphatic rings. The van der Waals surface area contributed by atoms with Crippen LogP contribution in [0.2, 0.25) is 0 Å². The number of thioether (sulfide) groups is 1. The molecule has 2 aromatic heterocycles. The van der Waals surface area contributed by atoms with Crippen molar-refractivity contribution in [2.45, 2.75) is 57.3 Å². The summed E-state index contributed by atoms with van der Waals surface area (Å²) in [5.74, 6) is 0.531. The molecule has 1 aromatic carbocycles. The van der Waals surface area contributed by atoms with Crippen molar-refractivity contribution >= 4 is 23.5 Å². The van der Waals surface area contributed by atoms with E-state index in [0.717, 1.165) is 29.7 Å². The standard InChI is InChI=1S/C22H25N7OS/c1-15-16(2)28(13-17-8-4-3-5-9-17)21(19(15)12-23)24-20(30)14-31-22-25-26-27-29(22)18-10-6-7-11-18/h3-5,8-9,18H,6-7,10-11,13-14H2,1-2H3,(H,24,30). The quantitative estimate of drug-likeness (QED) is 0.566. The number of amides is 1. The molecule has 0 spiro atoms. The van der Waals surface area contributed by atoms with Crippen molar-refractivity contribution in [3.05, 3.63) is 52.7 Å². The average Bonchev–Trinajstić information content (AvgIpc) is 3.51. The smallest absolute Gasteiger partial charge is 0.235 e.